The van der Waals surface area contributed by atoms with Gasteiger partial charge in [0.1, 0.15) is 5.75 Å². The summed E-state index contributed by atoms with van der Waals surface area (Å²) in [5.41, 5.74) is 0.809. The van der Waals surface area contributed by atoms with E-state index in [1.807, 2.05) is 38.1 Å². The van der Waals surface area contributed by atoms with Gasteiger partial charge in [0, 0.05) is 12.5 Å². The topological polar surface area (TPSA) is 66.8 Å². The Morgan fingerprint density at radius 2 is 2.14 bits per heavy atom. The minimum atomic E-state index is -0.860. The van der Waals surface area contributed by atoms with E-state index in [1.54, 1.807) is 12.0 Å². The third-order valence-electron chi connectivity index (χ3n) is 3.95. The lowest BCUT2D eigenvalue weighted by Gasteiger charge is -2.42. The molecule has 1 aromatic carbocycles. The second-order valence-corrected chi connectivity index (χ2v) is 5.60. The van der Waals surface area contributed by atoms with Crippen LogP contribution in [0.15, 0.2) is 24.3 Å². The van der Waals surface area contributed by atoms with Crippen LogP contribution in [-0.4, -0.2) is 35.0 Å². The Morgan fingerprint density at radius 3 is 2.71 bits per heavy atom. The number of amides is 1. The Kier molecular flexibility index (Phi) is 4.50. The number of ether oxygens (including phenoxy) is 1. The number of carbonyl (C=O) groups is 2. The molecule has 1 fully saturated rings. The summed E-state index contributed by atoms with van der Waals surface area (Å²) in [4.78, 5) is 25.5. The molecular formula is C16H21NO4. The van der Waals surface area contributed by atoms with E-state index < -0.39 is 17.9 Å². The molecule has 1 aromatic rings. The van der Waals surface area contributed by atoms with E-state index in [1.165, 1.54) is 0 Å². The highest BCUT2D eigenvalue weighted by Crippen LogP contribution is 2.39. The maximum Gasteiger partial charge on any atom is 0.308 e. The minimum absolute atomic E-state index is 0.00956. The van der Waals surface area contributed by atoms with Crippen LogP contribution in [0.4, 0.5) is 0 Å². The zero-order chi connectivity index (χ0) is 15.6. The van der Waals surface area contributed by atoms with E-state index >= 15 is 0 Å². The van der Waals surface area contributed by atoms with Gasteiger partial charge in [-0.15, -0.1) is 0 Å². The number of carboxylic acid groups (broad SMARTS) is 1. The standard InChI is InChI=1S/C16H21NO4/c1-10(2)17-14(18)8-7-13(16(19)20)15(17)11-5-4-6-12(9-11)21-3/h4-6,9-10,13,15H,7-8H2,1-3H3,(H,19,20). The first kappa shape index (κ1) is 15.4. The summed E-state index contributed by atoms with van der Waals surface area (Å²) in [5, 5.41) is 9.51. The summed E-state index contributed by atoms with van der Waals surface area (Å²) in [7, 11) is 1.57. The SMILES string of the molecule is COc1cccc(C2C(C(=O)O)CCC(=O)N2C(C)C)c1. The minimum Gasteiger partial charge on any atom is -0.497 e. The van der Waals surface area contributed by atoms with Crippen molar-refractivity contribution in [3.8, 4) is 5.75 Å². The second kappa shape index (κ2) is 6.16. The zero-order valence-corrected chi connectivity index (χ0v) is 12.6. The molecule has 21 heavy (non-hydrogen) atoms. The van der Waals surface area contributed by atoms with Gasteiger partial charge in [-0.1, -0.05) is 12.1 Å². The lowest BCUT2D eigenvalue weighted by Crippen LogP contribution is -2.48. The third kappa shape index (κ3) is 3.01. The molecule has 114 valence electrons. The number of rotatable bonds is 4. The fourth-order valence-corrected chi connectivity index (χ4v) is 3.00. The first-order chi connectivity index (χ1) is 9.95. The van der Waals surface area contributed by atoms with Crippen molar-refractivity contribution < 1.29 is 19.4 Å². The van der Waals surface area contributed by atoms with Gasteiger partial charge in [0.25, 0.3) is 0 Å². The van der Waals surface area contributed by atoms with Gasteiger partial charge < -0.3 is 14.7 Å². The van der Waals surface area contributed by atoms with Crippen LogP contribution in [0.5, 0.6) is 5.75 Å². The largest absolute Gasteiger partial charge is 0.497 e. The maximum absolute atomic E-state index is 12.2. The summed E-state index contributed by atoms with van der Waals surface area (Å²) in [5.74, 6) is -0.771. The van der Waals surface area contributed by atoms with Crippen LogP contribution in [0.2, 0.25) is 0 Å². The molecule has 2 rings (SSSR count). The predicted octanol–water partition coefficient (Wildman–Crippen LogP) is 2.47. The number of hydrogen-bond acceptors (Lipinski definition) is 3. The van der Waals surface area contributed by atoms with Crippen LogP contribution in [-0.2, 0) is 9.59 Å². The van der Waals surface area contributed by atoms with Gasteiger partial charge in [-0.25, -0.2) is 0 Å². The average Bonchev–Trinajstić information content (AvgIpc) is 2.46. The number of likely N-dealkylation sites (tertiary alicyclic amines) is 1. The molecule has 5 nitrogen and oxygen atoms in total. The van der Waals surface area contributed by atoms with Crippen molar-refractivity contribution in [2.75, 3.05) is 7.11 Å². The molecule has 1 aliphatic heterocycles. The van der Waals surface area contributed by atoms with Gasteiger partial charge in [0.15, 0.2) is 0 Å². The van der Waals surface area contributed by atoms with Crippen molar-refractivity contribution in [1.29, 1.82) is 0 Å². The number of aliphatic carboxylic acids is 1. The number of carboxylic acids is 1. The van der Waals surface area contributed by atoms with E-state index in [4.69, 9.17) is 4.74 Å². The van der Waals surface area contributed by atoms with E-state index in [2.05, 4.69) is 0 Å². The van der Waals surface area contributed by atoms with Crippen molar-refractivity contribution in [3.05, 3.63) is 29.8 Å². The van der Waals surface area contributed by atoms with Gasteiger partial charge in [-0.05, 0) is 38.0 Å². The van der Waals surface area contributed by atoms with E-state index in [0.717, 1.165) is 5.56 Å². The van der Waals surface area contributed by atoms with Crippen LogP contribution in [0.1, 0.15) is 38.3 Å². The molecule has 1 heterocycles. The van der Waals surface area contributed by atoms with Crippen LogP contribution in [0.3, 0.4) is 0 Å². The van der Waals surface area contributed by atoms with Crippen LogP contribution >= 0.6 is 0 Å². The van der Waals surface area contributed by atoms with Crippen molar-refractivity contribution in [2.45, 2.75) is 38.8 Å². The molecule has 0 spiro atoms. The fourth-order valence-electron chi connectivity index (χ4n) is 3.00. The van der Waals surface area contributed by atoms with Gasteiger partial charge in [-0.3, -0.25) is 9.59 Å². The Morgan fingerprint density at radius 1 is 1.43 bits per heavy atom. The third-order valence-corrected chi connectivity index (χ3v) is 3.95. The lowest BCUT2D eigenvalue weighted by atomic mass is 9.83. The zero-order valence-electron chi connectivity index (χ0n) is 12.6. The first-order valence-corrected chi connectivity index (χ1v) is 7.13. The molecule has 2 unspecified atom stereocenters. The molecule has 0 aliphatic carbocycles. The van der Waals surface area contributed by atoms with E-state index in [0.29, 0.717) is 12.2 Å². The fraction of sp³-hybridized carbons (Fsp3) is 0.500. The maximum atomic E-state index is 12.2. The monoisotopic (exact) mass is 291 g/mol. The van der Waals surface area contributed by atoms with Gasteiger partial charge >= 0.3 is 5.97 Å². The number of methoxy groups -OCH3 is 1. The summed E-state index contributed by atoms with van der Waals surface area (Å²) in [6, 6.07) is 6.81. The summed E-state index contributed by atoms with van der Waals surface area (Å²) in [6.45, 7) is 3.82. The Balaban J connectivity index is 2.48. The highest BCUT2D eigenvalue weighted by atomic mass is 16.5. The Labute approximate surface area is 124 Å². The highest BCUT2D eigenvalue weighted by molar-refractivity contribution is 5.82. The molecule has 2 atom stereocenters. The van der Waals surface area contributed by atoms with Gasteiger partial charge in [-0.2, -0.15) is 0 Å². The molecule has 0 bridgehead atoms. The molecule has 1 aliphatic rings. The quantitative estimate of drug-likeness (QED) is 0.925. The van der Waals surface area contributed by atoms with Crippen LogP contribution < -0.4 is 4.74 Å². The number of carbonyl (C=O) groups excluding carboxylic acids is 1. The lowest BCUT2D eigenvalue weighted by molar-refractivity contribution is -0.153. The molecule has 1 amide bonds. The number of piperidine rings is 1. The Bertz CT molecular complexity index is 541. The molecule has 0 radical (unpaired) electrons. The molecule has 1 N–H and O–H groups in total. The van der Waals surface area contributed by atoms with Crippen molar-refractivity contribution in [3.63, 3.8) is 0 Å². The summed E-state index contributed by atoms with van der Waals surface area (Å²) in [6.07, 6.45) is 0.662. The van der Waals surface area contributed by atoms with Gasteiger partial charge in [0.05, 0.1) is 19.1 Å². The van der Waals surface area contributed by atoms with Crippen molar-refractivity contribution in [1.82, 2.24) is 4.90 Å². The predicted molar refractivity (Wildman–Crippen MR) is 78.1 cm³/mol. The van der Waals surface area contributed by atoms with Crippen LogP contribution in [0, 0.1) is 5.92 Å². The molecular weight excluding hydrogens is 270 g/mol. The van der Waals surface area contributed by atoms with Crippen molar-refractivity contribution >= 4 is 11.9 Å². The highest BCUT2D eigenvalue weighted by Gasteiger charge is 2.41. The number of nitrogens with zero attached hydrogens (tertiary/aromatic N) is 1. The molecule has 0 aromatic heterocycles. The molecule has 5 heteroatoms. The van der Waals surface area contributed by atoms with E-state index in [9.17, 15) is 14.7 Å². The van der Waals surface area contributed by atoms with Gasteiger partial charge in [0.2, 0.25) is 5.91 Å². The summed E-state index contributed by atoms with van der Waals surface area (Å²) < 4.78 is 5.21. The normalized spacial score (nSPS) is 22.5. The Hall–Kier alpha value is -2.04. The molecule has 1 saturated heterocycles. The molecule has 0 saturated carbocycles. The van der Waals surface area contributed by atoms with Crippen molar-refractivity contribution in [2.24, 2.45) is 5.92 Å². The van der Waals surface area contributed by atoms with E-state index in [-0.39, 0.29) is 18.4 Å². The number of hydrogen-bond donors (Lipinski definition) is 1. The number of benzene rings is 1. The smallest absolute Gasteiger partial charge is 0.308 e. The second-order valence-electron chi connectivity index (χ2n) is 5.60. The summed E-state index contributed by atoms with van der Waals surface area (Å²) >= 11 is 0. The van der Waals surface area contributed by atoms with Crippen LogP contribution in [0.25, 0.3) is 0 Å². The average molecular weight is 291 g/mol. The first-order valence-electron chi connectivity index (χ1n) is 7.13.